The van der Waals surface area contributed by atoms with Crippen molar-refractivity contribution in [2.75, 3.05) is 13.7 Å². The van der Waals surface area contributed by atoms with Crippen LogP contribution in [0.4, 0.5) is 0 Å². The number of likely N-dealkylation sites (N-methyl/N-ethyl adjacent to an activating group) is 1. The van der Waals surface area contributed by atoms with Gasteiger partial charge in [0.1, 0.15) is 11.3 Å². The van der Waals surface area contributed by atoms with Gasteiger partial charge in [-0.1, -0.05) is 6.07 Å². The van der Waals surface area contributed by atoms with E-state index in [4.69, 9.17) is 17.0 Å². The van der Waals surface area contributed by atoms with Crippen molar-refractivity contribution in [3.63, 3.8) is 0 Å². The van der Waals surface area contributed by atoms with E-state index in [1.807, 2.05) is 6.92 Å². The van der Waals surface area contributed by atoms with Crippen LogP contribution in [0.1, 0.15) is 12.5 Å². The molecule has 0 aliphatic carbocycles. The van der Waals surface area contributed by atoms with Gasteiger partial charge in [0.15, 0.2) is 5.11 Å². The van der Waals surface area contributed by atoms with E-state index in [9.17, 15) is 9.59 Å². The Morgan fingerprint density at radius 2 is 2.14 bits per heavy atom. The van der Waals surface area contributed by atoms with Crippen LogP contribution < -0.4 is 10.1 Å². The molecule has 1 N–H and O–H groups in total. The molecule has 21 heavy (non-hydrogen) atoms. The third kappa shape index (κ3) is 3.30. The molecule has 1 fully saturated rings. The van der Waals surface area contributed by atoms with E-state index in [1.165, 1.54) is 18.0 Å². The molecular formula is C14H13BrN2O3S. The van der Waals surface area contributed by atoms with Crippen LogP contribution in [-0.4, -0.2) is 35.5 Å². The SMILES string of the molecule is CCOc1ccc(/C=C2\C(=O)NC(=S)N(C)C2=O)cc1Br. The first-order chi connectivity index (χ1) is 9.93. The predicted octanol–water partition coefficient (Wildman–Crippen LogP) is 2.10. The Morgan fingerprint density at radius 1 is 1.43 bits per heavy atom. The lowest BCUT2D eigenvalue weighted by Crippen LogP contribution is -2.52. The lowest BCUT2D eigenvalue weighted by Gasteiger charge is -2.25. The molecule has 0 unspecified atom stereocenters. The summed E-state index contributed by atoms with van der Waals surface area (Å²) in [6.45, 7) is 2.45. The van der Waals surface area contributed by atoms with Crippen LogP contribution >= 0.6 is 28.1 Å². The van der Waals surface area contributed by atoms with Crippen LogP contribution in [0, 0.1) is 0 Å². The zero-order chi connectivity index (χ0) is 15.6. The zero-order valence-electron chi connectivity index (χ0n) is 11.5. The molecule has 1 aromatic rings. The highest BCUT2D eigenvalue weighted by Crippen LogP contribution is 2.27. The molecule has 1 aliphatic rings. The molecule has 0 saturated carbocycles. The fourth-order valence-corrected chi connectivity index (χ4v) is 2.48. The van der Waals surface area contributed by atoms with E-state index in [0.29, 0.717) is 17.9 Å². The summed E-state index contributed by atoms with van der Waals surface area (Å²) in [6.07, 6.45) is 1.52. The summed E-state index contributed by atoms with van der Waals surface area (Å²) in [5.74, 6) is -0.209. The standard InChI is InChI=1S/C14H13BrN2O3S/c1-3-20-11-5-4-8(7-10(11)15)6-9-12(18)16-14(21)17(2)13(9)19/h4-7H,3H2,1-2H3,(H,16,18,21)/b9-6+. The van der Waals surface area contributed by atoms with E-state index in [0.717, 1.165) is 4.47 Å². The molecule has 0 radical (unpaired) electrons. The molecule has 110 valence electrons. The summed E-state index contributed by atoms with van der Waals surface area (Å²) >= 11 is 8.28. The average molecular weight is 369 g/mol. The van der Waals surface area contributed by atoms with Crippen molar-refractivity contribution in [3.8, 4) is 5.75 Å². The van der Waals surface area contributed by atoms with Crippen molar-refractivity contribution in [1.29, 1.82) is 0 Å². The van der Waals surface area contributed by atoms with Crippen LogP contribution in [0.3, 0.4) is 0 Å². The smallest absolute Gasteiger partial charge is 0.265 e. The van der Waals surface area contributed by atoms with Gasteiger partial charge in [0, 0.05) is 7.05 Å². The number of halogens is 1. The Bertz CT molecular complexity index is 658. The van der Waals surface area contributed by atoms with Gasteiger partial charge in [-0.2, -0.15) is 0 Å². The highest BCUT2D eigenvalue weighted by molar-refractivity contribution is 9.10. The summed E-state index contributed by atoms with van der Waals surface area (Å²) in [5.41, 5.74) is 0.757. The van der Waals surface area contributed by atoms with Crippen molar-refractivity contribution >= 4 is 51.2 Å². The zero-order valence-corrected chi connectivity index (χ0v) is 13.9. The largest absolute Gasteiger partial charge is 0.493 e. The molecule has 7 heteroatoms. The summed E-state index contributed by atoms with van der Waals surface area (Å²) < 4.78 is 6.17. The summed E-state index contributed by atoms with van der Waals surface area (Å²) in [5, 5.41) is 2.58. The normalized spacial score (nSPS) is 17.2. The molecule has 1 saturated heterocycles. The Balaban J connectivity index is 2.34. The fourth-order valence-electron chi connectivity index (χ4n) is 1.79. The number of carbonyl (C=O) groups excluding carboxylic acids is 2. The molecule has 0 aromatic heterocycles. The number of hydrogen-bond donors (Lipinski definition) is 1. The Labute approximate surface area is 136 Å². The number of benzene rings is 1. The number of nitrogens with zero attached hydrogens (tertiary/aromatic N) is 1. The van der Waals surface area contributed by atoms with E-state index < -0.39 is 11.8 Å². The van der Waals surface area contributed by atoms with Crippen LogP contribution in [0.5, 0.6) is 5.75 Å². The Hall–Kier alpha value is -1.73. The number of ether oxygens (including phenoxy) is 1. The molecule has 0 atom stereocenters. The van der Waals surface area contributed by atoms with Gasteiger partial charge in [-0.3, -0.25) is 19.8 Å². The van der Waals surface area contributed by atoms with Gasteiger partial charge >= 0.3 is 0 Å². The van der Waals surface area contributed by atoms with Gasteiger partial charge in [0.25, 0.3) is 11.8 Å². The first-order valence-electron chi connectivity index (χ1n) is 6.21. The summed E-state index contributed by atoms with van der Waals surface area (Å²) in [6, 6.07) is 5.33. The Morgan fingerprint density at radius 3 is 2.76 bits per heavy atom. The minimum Gasteiger partial charge on any atom is -0.493 e. The highest BCUT2D eigenvalue weighted by atomic mass is 79.9. The molecule has 2 amide bonds. The third-order valence-corrected chi connectivity index (χ3v) is 3.87. The lowest BCUT2D eigenvalue weighted by atomic mass is 10.1. The molecule has 1 aromatic carbocycles. The van der Waals surface area contributed by atoms with Gasteiger partial charge in [0.05, 0.1) is 11.1 Å². The second kappa shape index (κ2) is 6.36. The second-order valence-electron chi connectivity index (χ2n) is 4.30. The van der Waals surface area contributed by atoms with Crippen molar-refractivity contribution in [2.24, 2.45) is 0 Å². The van der Waals surface area contributed by atoms with Gasteiger partial charge in [-0.05, 0) is 58.8 Å². The maximum absolute atomic E-state index is 12.1. The average Bonchev–Trinajstić information content (AvgIpc) is 2.44. The molecular weight excluding hydrogens is 356 g/mol. The molecule has 1 heterocycles. The van der Waals surface area contributed by atoms with E-state index in [1.54, 1.807) is 18.2 Å². The van der Waals surface area contributed by atoms with Crippen molar-refractivity contribution < 1.29 is 14.3 Å². The molecule has 0 spiro atoms. The quantitative estimate of drug-likeness (QED) is 0.504. The maximum atomic E-state index is 12.1. The number of hydrogen-bond acceptors (Lipinski definition) is 4. The van der Waals surface area contributed by atoms with E-state index in [2.05, 4.69) is 21.2 Å². The van der Waals surface area contributed by atoms with Crippen LogP contribution in [0.15, 0.2) is 28.2 Å². The minimum atomic E-state index is -0.492. The lowest BCUT2D eigenvalue weighted by molar-refractivity contribution is -0.128. The van der Waals surface area contributed by atoms with Gasteiger partial charge in [0.2, 0.25) is 0 Å². The first-order valence-corrected chi connectivity index (χ1v) is 7.41. The fraction of sp³-hybridized carbons (Fsp3) is 0.214. The van der Waals surface area contributed by atoms with Crippen molar-refractivity contribution in [2.45, 2.75) is 6.92 Å². The molecule has 1 aliphatic heterocycles. The van der Waals surface area contributed by atoms with Gasteiger partial charge in [-0.25, -0.2) is 0 Å². The number of nitrogens with one attached hydrogen (secondary N) is 1. The van der Waals surface area contributed by atoms with Crippen LogP contribution in [0.25, 0.3) is 6.08 Å². The highest BCUT2D eigenvalue weighted by Gasteiger charge is 2.30. The van der Waals surface area contributed by atoms with Crippen LogP contribution in [0.2, 0.25) is 0 Å². The Kier molecular flexibility index (Phi) is 4.74. The third-order valence-electron chi connectivity index (χ3n) is 2.87. The van der Waals surface area contributed by atoms with E-state index in [-0.39, 0.29) is 10.7 Å². The van der Waals surface area contributed by atoms with Crippen molar-refractivity contribution in [3.05, 3.63) is 33.8 Å². The maximum Gasteiger partial charge on any atom is 0.265 e. The number of amides is 2. The minimum absolute atomic E-state index is 0.0437. The number of thiocarbonyl (C=S) groups is 1. The second-order valence-corrected chi connectivity index (χ2v) is 5.55. The molecule has 2 rings (SSSR count). The summed E-state index contributed by atoms with van der Waals surface area (Å²) in [7, 11) is 1.52. The van der Waals surface area contributed by atoms with E-state index >= 15 is 0 Å². The summed E-state index contributed by atoms with van der Waals surface area (Å²) in [4.78, 5) is 25.2. The monoisotopic (exact) mass is 368 g/mol. The molecule has 5 nitrogen and oxygen atoms in total. The topological polar surface area (TPSA) is 58.6 Å². The van der Waals surface area contributed by atoms with Gasteiger partial charge in [-0.15, -0.1) is 0 Å². The molecule has 0 bridgehead atoms. The number of rotatable bonds is 3. The van der Waals surface area contributed by atoms with Gasteiger partial charge < -0.3 is 4.74 Å². The number of carbonyl (C=O) groups is 2. The predicted molar refractivity (Wildman–Crippen MR) is 86.8 cm³/mol. The van der Waals surface area contributed by atoms with Crippen LogP contribution in [-0.2, 0) is 9.59 Å². The van der Waals surface area contributed by atoms with Crippen molar-refractivity contribution in [1.82, 2.24) is 10.2 Å². The first kappa shape index (κ1) is 15.7.